The molecule has 2 rings (SSSR count). The first-order valence-electron chi connectivity index (χ1n) is 7.43. The van der Waals surface area contributed by atoms with E-state index in [2.05, 4.69) is 15.0 Å². The summed E-state index contributed by atoms with van der Waals surface area (Å²) >= 11 is 1.64. The highest BCUT2D eigenvalue weighted by molar-refractivity contribution is 7.09. The number of thiazole rings is 1. The fourth-order valence-electron chi connectivity index (χ4n) is 2.09. The summed E-state index contributed by atoms with van der Waals surface area (Å²) in [4.78, 5) is 27.0. The van der Waals surface area contributed by atoms with Crippen molar-refractivity contribution in [3.05, 3.63) is 40.2 Å². The van der Waals surface area contributed by atoms with Crippen LogP contribution >= 0.6 is 11.3 Å². The Morgan fingerprint density at radius 2 is 1.96 bits per heavy atom. The monoisotopic (exact) mass is 332 g/mol. The van der Waals surface area contributed by atoms with Crippen molar-refractivity contribution < 1.29 is 14.3 Å². The largest absolute Gasteiger partial charge is 0.469 e. The van der Waals surface area contributed by atoms with Crippen molar-refractivity contribution in [3.8, 4) is 11.3 Å². The number of amides is 1. The molecular formula is C17H20N2O3S. The van der Waals surface area contributed by atoms with Gasteiger partial charge in [-0.05, 0) is 18.9 Å². The topological polar surface area (TPSA) is 68.3 Å². The van der Waals surface area contributed by atoms with Crippen LogP contribution in [0.5, 0.6) is 0 Å². The van der Waals surface area contributed by atoms with Gasteiger partial charge in [-0.3, -0.25) is 9.59 Å². The Balaban J connectivity index is 1.76. The highest BCUT2D eigenvalue weighted by Gasteiger charge is 2.06. The molecule has 23 heavy (non-hydrogen) atoms. The highest BCUT2D eigenvalue weighted by atomic mass is 32.1. The first-order valence-corrected chi connectivity index (χ1v) is 8.31. The van der Waals surface area contributed by atoms with Crippen LogP contribution in [-0.2, 0) is 20.7 Å². The number of aryl methyl sites for hydroxylation is 1. The van der Waals surface area contributed by atoms with Gasteiger partial charge in [0.25, 0.3) is 0 Å². The molecule has 0 fully saturated rings. The van der Waals surface area contributed by atoms with E-state index in [1.165, 1.54) is 7.11 Å². The van der Waals surface area contributed by atoms with E-state index in [-0.39, 0.29) is 24.7 Å². The molecule has 0 aliphatic heterocycles. The zero-order valence-corrected chi connectivity index (χ0v) is 14.1. The van der Waals surface area contributed by atoms with Crippen LogP contribution in [0, 0.1) is 6.92 Å². The van der Waals surface area contributed by atoms with Crippen LogP contribution in [0.25, 0.3) is 11.3 Å². The molecule has 0 aliphatic carbocycles. The van der Waals surface area contributed by atoms with E-state index in [9.17, 15) is 9.59 Å². The van der Waals surface area contributed by atoms with Gasteiger partial charge in [-0.1, -0.05) is 24.3 Å². The summed E-state index contributed by atoms with van der Waals surface area (Å²) in [7, 11) is 1.32. The quantitative estimate of drug-likeness (QED) is 0.792. The minimum atomic E-state index is -0.368. The zero-order valence-electron chi connectivity index (χ0n) is 13.3. The Bertz CT molecular complexity index is 665. The molecule has 0 spiro atoms. The summed E-state index contributed by atoms with van der Waals surface area (Å²) in [6.45, 7) is 2.54. The maximum atomic E-state index is 11.6. The summed E-state index contributed by atoms with van der Waals surface area (Å²) < 4.78 is 4.50. The summed E-state index contributed by atoms with van der Waals surface area (Å²) in [6, 6.07) is 8.18. The Morgan fingerprint density at radius 1 is 1.22 bits per heavy atom. The van der Waals surface area contributed by atoms with Gasteiger partial charge in [0.05, 0.1) is 24.2 Å². The fourth-order valence-corrected chi connectivity index (χ4v) is 2.71. The van der Waals surface area contributed by atoms with E-state index < -0.39 is 0 Å². The number of carbonyl (C=O) groups is 2. The van der Waals surface area contributed by atoms with Gasteiger partial charge < -0.3 is 10.1 Å². The lowest BCUT2D eigenvalue weighted by Gasteiger charge is -2.06. The highest BCUT2D eigenvalue weighted by Crippen LogP contribution is 2.21. The summed E-state index contributed by atoms with van der Waals surface area (Å²) in [5.41, 5.74) is 3.24. The second-order valence-electron chi connectivity index (χ2n) is 5.12. The molecule has 1 aromatic heterocycles. The van der Waals surface area contributed by atoms with E-state index in [0.29, 0.717) is 6.54 Å². The predicted molar refractivity (Wildman–Crippen MR) is 90.3 cm³/mol. The maximum absolute atomic E-state index is 11.6. The van der Waals surface area contributed by atoms with Crippen molar-refractivity contribution in [3.63, 3.8) is 0 Å². The average molecular weight is 332 g/mol. The molecule has 0 unspecified atom stereocenters. The number of carbonyl (C=O) groups excluding carboxylic acids is 2. The van der Waals surface area contributed by atoms with Crippen LogP contribution < -0.4 is 5.32 Å². The van der Waals surface area contributed by atoms with Crippen LogP contribution in [0.3, 0.4) is 0 Å². The SMILES string of the molecule is COC(=O)CCC(=O)NCCc1ccc(-c2csc(C)n2)cc1. The minimum absolute atomic E-state index is 0.115. The van der Waals surface area contributed by atoms with Crippen LogP contribution in [0.2, 0.25) is 0 Å². The molecule has 1 N–H and O–H groups in total. The third-order valence-corrected chi connectivity index (χ3v) is 4.16. The normalized spacial score (nSPS) is 10.3. The van der Waals surface area contributed by atoms with Gasteiger partial charge in [0.2, 0.25) is 5.91 Å². The second kappa shape index (κ2) is 8.43. The molecule has 1 heterocycles. The first-order chi connectivity index (χ1) is 11.1. The van der Waals surface area contributed by atoms with E-state index in [1.807, 2.05) is 36.6 Å². The number of ether oxygens (including phenoxy) is 1. The predicted octanol–water partition coefficient (Wildman–Crippen LogP) is 2.73. The van der Waals surface area contributed by atoms with Crippen molar-refractivity contribution in [1.82, 2.24) is 10.3 Å². The lowest BCUT2D eigenvalue weighted by atomic mass is 10.1. The van der Waals surface area contributed by atoms with E-state index in [0.717, 1.165) is 28.2 Å². The molecule has 1 aromatic carbocycles. The molecule has 0 aliphatic rings. The Labute approximate surface area is 139 Å². The third kappa shape index (κ3) is 5.49. The molecule has 122 valence electrons. The van der Waals surface area contributed by atoms with Gasteiger partial charge in [0.15, 0.2) is 0 Å². The molecule has 0 bridgehead atoms. The molecule has 0 saturated carbocycles. The number of nitrogens with one attached hydrogen (secondary N) is 1. The molecule has 1 amide bonds. The number of hydrogen-bond acceptors (Lipinski definition) is 5. The summed E-state index contributed by atoms with van der Waals surface area (Å²) in [6.07, 6.45) is 1.03. The third-order valence-electron chi connectivity index (χ3n) is 3.39. The molecule has 5 nitrogen and oxygen atoms in total. The van der Waals surface area contributed by atoms with Crippen LogP contribution in [0.4, 0.5) is 0 Å². The number of methoxy groups -OCH3 is 1. The van der Waals surface area contributed by atoms with Crippen molar-refractivity contribution in [2.24, 2.45) is 0 Å². The van der Waals surface area contributed by atoms with Crippen molar-refractivity contribution in [2.45, 2.75) is 26.2 Å². The number of esters is 1. The van der Waals surface area contributed by atoms with Crippen molar-refractivity contribution in [2.75, 3.05) is 13.7 Å². The molecular weight excluding hydrogens is 312 g/mol. The lowest BCUT2D eigenvalue weighted by Crippen LogP contribution is -2.26. The fraction of sp³-hybridized carbons (Fsp3) is 0.353. The van der Waals surface area contributed by atoms with Gasteiger partial charge in [-0.25, -0.2) is 4.98 Å². The van der Waals surface area contributed by atoms with Crippen LogP contribution in [-0.4, -0.2) is 30.5 Å². The molecule has 0 atom stereocenters. The molecule has 2 aromatic rings. The van der Waals surface area contributed by atoms with E-state index >= 15 is 0 Å². The number of nitrogens with zero attached hydrogens (tertiary/aromatic N) is 1. The molecule has 6 heteroatoms. The zero-order chi connectivity index (χ0) is 16.7. The maximum Gasteiger partial charge on any atom is 0.306 e. The van der Waals surface area contributed by atoms with Crippen molar-refractivity contribution >= 4 is 23.2 Å². The smallest absolute Gasteiger partial charge is 0.306 e. The van der Waals surface area contributed by atoms with E-state index in [1.54, 1.807) is 11.3 Å². The van der Waals surface area contributed by atoms with E-state index in [4.69, 9.17) is 0 Å². The Kier molecular flexibility index (Phi) is 6.29. The van der Waals surface area contributed by atoms with Gasteiger partial charge in [-0.2, -0.15) is 0 Å². The lowest BCUT2D eigenvalue weighted by molar-refractivity contribution is -0.142. The van der Waals surface area contributed by atoms with Gasteiger partial charge >= 0.3 is 5.97 Å². The van der Waals surface area contributed by atoms with Gasteiger partial charge in [0, 0.05) is 23.9 Å². The van der Waals surface area contributed by atoms with Crippen LogP contribution in [0.1, 0.15) is 23.4 Å². The number of aromatic nitrogens is 1. The van der Waals surface area contributed by atoms with Crippen LogP contribution in [0.15, 0.2) is 29.6 Å². The standard InChI is InChI=1S/C17H20N2O3S/c1-12-19-15(11-23-12)14-5-3-13(4-6-14)9-10-18-16(20)7-8-17(21)22-2/h3-6,11H,7-10H2,1-2H3,(H,18,20). The minimum Gasteiger partial charge on any atom is -0.469 e. The first kappa shape index (κ1) is 17.1. The van der Waals surface area contributed by atoms with Gasteiger partial charge in [-0.15, -0.1) is 11.3 Å². The number of rotatable bonds is 7. The Morgan fingerprint density at radius 3 is 2.57 bits per heavy atom. The molecule has 0 radical (unpaired) electrons. The molecule has 0 saturated heterocycles. The Hall–Kier alpha value is -2.21. The average Bonchev–Trinajstić information content (AvgIpc) is 2.99. The number of benzene rings is 1. The second-order valence-corrected chi connectivity index (χ2v) is 6.19. The summed E-state index contributed by atoms with van der Waals surface area (Å²) in [5.74, 6) is -0.502. The number of hydrogen-bond donors (Lipinski definition) is 1. The summed E-state index contributed by atoms with van der Waals surface area (Å²) in [5, 5.41) is 5.90. The van der Waals surface area contributed by atoms with Gasteiger partial charge in [0.1, 0.15) is 0 Å². The van der Waals surface area contributed by atoms with Crippen molar-refractivity contribution in [1.29, 1.82) is 0 Å².